The van der Waals surface area contributed by atoms with Gasteiger partial charge in [-0.3, -0.25) is 0 Å². The molecular weight excluding hydrogens is 258 g/mol. The highest BCUT2D eigenvalue weighted by molar-refractivity contribution is 5.33. The van der Waals surface area contributed by atoms with Crippen molar-refractivity contribution in [2.24, 2.45) is 5.73 Å². The minimum atomic E-state index is -4.36. The van der Waals surface area contributed by atoms with E-state index in [2.05, 4.69) is 0 Å². The first kappa shape index (κ1) is 13.5. The Labute approximate surface area is 107 Å². The van der Waals surface area contributed by atoms with E-state index in [1.807, 2.05) is 0 Å². The smallest absolute Gasteiger partial charge is 0.320 e. The van der Waals surface area contributed by atoms with Crippen molar-refractivity contribution >= 4 is 0 Å². The highest BCUT2D eigenvalue weighted by atomic mass is 19.4. The Bertz CT molecular complexity index is 543. The van der Waals surface area contributed by atoms with E-state index in [-0.39, 0.29) is 5.82 Å². The molecule has 5 heteroatoms. The Morgan fingerprint density at radius 1 is 0.789 bits per heavy atom. The maximum absolute atomic E-state index is 12.8. The second-order valence-electron chi connectivity index (χ2n) is 4.15. The average Bonchev–Trinajstić information content (AvgIpc) is 2.38. The van der Waals surface area contributed by atoms with E-state index in [1.54, 1.807) is 0 Å². The van der Waals surface area contributed by atoms with E-state index >= 15 is 0 Å². The normalized spacial score (nSPS) is 13.3. The third-order valence-electron chi connectivity index (χ3n) is 2.83. The second-order valence-corrected chi connectivity index (χ2v) is 4.15. The van der Waals surface area contributed by atoms with Crippen LogP contribution < -0.4 is 5.73 Å². The number of alkyl halides is 3. The molecule has 2 aromatic carbocycles. The number of rotatable bonds is 2. The van der Waals surface area contributed by atoms with Gasteiger partial charge in [-0.1, -0.05) is 24.3 Å². The molecule has 19 heavy (non-hydrogen) atoms. The van der Waals surface area contributed by atoms with Crippen LogP contribution in [0.4, 0.5) is 17.6 Å². The van der Waals surface area contributed by atoms with Gasteiger partial charge in [-0.05, 0) is 35.4 Å². The zero-order chi connectivity index (χ0) is 14.0. The van der Waals surface area contributed by atoms with Gasteiger partial charge in [-0.2, -0.15) is 13.2 Å². The van der Waals surface area contributed by atoms with Gasteiger partial charge in [-0.15, -0.1) is 0 Å². The lowest BCUT2D eigenvalue weighted by molar-refractivity contribution is -0.137. The molecule has 0 amide bonds. The molecule has 0 aliphatic rings. The van der Waals surface area contributed by atoms with Crippen molar-refractivity contribution in [1.82, 2.24) is 0 Å². The molecule has 0 saturated heterocycles. The van der Waals surface area contributed by atoms with Crippen LogP contribution >= 0.6 is 0 Å². The number of nitrogens with two attached hydrogens (primary N) is 1. The van der Waals surface area contributed by atoms with Gasteiger partial charge in [0.2, 0.25) is 0 Å². The van der Waals surface area contributed by atoms with E-state index in [4.69, 9.17) is 5.73 Å². The van der Waals surface area contributed by atoms with Crippen LogP contribution in [0.1, 0.15) is 22.7 Å². The maximum Gasteiger partial charge on any atom is 0.416 e. The largest absolute Gasteiger partial charge is 0.416 e. The van der Waals surface area contributed by atoms with Crippen molar-refractivity contribution in [3.05, 3.63) is 71.0 Å². The first-order valence-corrected chi connectivity index (χ1v) is 5.56. The molecule has 0 aliphatic heterocycles. The Balaban J connectivity index is 2.25. The lowest BCUT2D eigenvalue weighted by Gasteiger charge is -2.14. The van der Waals surface area contributed by atoms with E-state index in [0.29, 0.717) is 11.1 Å². The topological polar surface area (TPSA) is 26.0 Å². The van der Waals surface area contributed by atoms with Crippen LogP contribution in [-0.2, 0) is 6.18 Å². The summed E-state index contributed by atoms with van der Waals surface area (Å²) < 4.78 is 50.0. The molecule has 0 aliphatic carbocycles. The van der Waals surface area contributed by atoms with Gasteiger partial charge >= 0.3 is 6.18 Å². The molecule has 0 saturated carbocycles. The summed E-state index contributed by atoms with van der Waals surface area (Å²) in [6.07, 6.45) is -4.36. The number of hydrogen-bond acceptors (Lipinski definition) is 1. The van der Waals surface area contributed by atoms with Crippen molar-refractivity contribution in [2.75, 3.05) is 0 Å². The predicted molar refractivity (Wildman–Crippen MR) is 63.9 cm³/mol. The summed E-state index contributed by atoms with van der Waals surface area (Å²) in [5, 5.41) is 0. The average molecular weight is 269 g/mol. The summed E-state index contributed by atoms with van der Waals surface area (Å²) in [7, 11) is 0. The molecule has 0 heterocycles. The first-order chi connectivity index (χ1) is 8.88. The number of hydrogen-bond donors (Lipinski definition) is 1. The molecule has 2 aromatic rings. The van der Waals surface area contributed by atoms with Crippen LogP contribution in [0, 0.1) is 5.82 Å². The molecule has 0 spiro atoms. The zero-order valence-electron chi connectivity index (χ0n) is 9.79. The third-order valence-corrected chi connectivity index (χ3v) is 2.83. The second kappa shape index (κ2) is 5.01. The molecular formula is C14H11F4N. The van der Waals surface area contributed by atoms with Crippen LogP contribution in [-0.4, -0.2) is 0 Å². The van der Waals surface area contributed by atoms with Crippen molar-refractivity contribution in [2.45, 2.75) is 12.2 Å². The van der Waals surface area contributed by atoms with Gasteiger partial charge in [0.15, 0.2) is 0 Å². The highest BCUT2D eigenvalue weighted by Gasteiger charge is 2.30. The van der Waals surface area contributed by atoms with Crippen LogP contribution in [0.3, 0.4) is 0 Å². The van der Waals surface area contributed by atoms with Gasteiger partial charge in [-0.25, -0.2) is 4.39 Å². The lowest BCUT2D eigenvalue weighted by Crippen LogP contribution is -2.12. The number of benzene rings is 2. The molecule has 1 nitrogen and oxygen atoms in total. The third kappa shape index (κ3) is 3.12. The molecule has 2 rings (SSSR count). The molecule has 0 bridgehead atoms. The van der Waals surface area contributed by atoms with Crippen molar-refractivity contribution in [3.63, 3.8) is 0 Å². The van der Waals surface area contributed by atoms with Crippen LogP contribution in [0.5, 0.6) is 0 Å². The summed E-state index contributed by atoms with van der Waals surface area (Å²) in [6, 6.07) is 9.60. The van der Waals surface area contributed by atoms with E-state index in [1.165, 1.54) is 36.4 Å². The Morgan fingerprint density at radius 3 is 1.63 bits per heavy atom. The van der Waals surface area contributed by atoms with Crippen LogP contribution in [0.25, 0.3) is 0 Å². The Morgan fingerprint density at radius 2 is 1.21 bits per heavy atom. The molecule has 0 fully saturated rings. The molecule has 0 unspecified atom stereocenters. The van der Waals surface area contributed by atoms with Crippen molar-refractivity contribution < 1.29 is 17.6 Å². The monoisotopic (exact) mass is 269 g/mol. The van der Waals surface area contributed by atoms with Gasteiger partial charge in [0.25, 0.3) is 0 Å². The fourth-order valence-electron chi connectivity index (χ4n) is 1.74. The molecule has 0 radical (unpaired) electrons. The molecule has 100 valence electrons. The SMILES string of the molecule is N[C@H](c1ccc(F)cc1)c1ccc(C(F)(F)F)cc1. The van der Waals surface area contributed by atoms with Gasteiger partial charge in [0.1, 0.15) is 5.82 Å². The molecule has 2 N–H and O–H groups in total. The van der Waals surface area contributed by atoms with E-state index in [0.717, 1.165) is 12.1 Å². The Kier molecular flexibility index (Phi) is 3.57. The fraction of sp³-hybridized carbons (Fsp3) is 0.143. The summed E-state index contributed by atoms with van der Waals surface area (Å²) in [6.45, 7) is 0. The van der Waals surface area contributed by atoms with Crippen LogP contribution in [0.2, 0.25) is 0 Å². The van der Waals surface area contributed by atoms with Gasteiger partial charge in [0, 0.05) is 0 Å². The van der Waals surface area contributed by atoms with Crippen molar-refractivity contribution in [1.29, 1.82) is 0 Å². The summed E-state index contributed by atoms with van der Waals surface area (Å²) >= 11 is 0. The summed E-state index contributed by atoms with van der Waals surface area (Å²) in [5.74, 6) is -0.386. The zero-order valence-corrected chi connectivity index (χ0v) is 9.79. The minimum Gasteiger partial charge on any atom is -0.320 e. The maximum atomic E-state index is 12.8. The quantitative estimate of drug-likeness (QED) is 0.822. The fourth-order valence-corrected chi connectivity index (χ4v) is 1.74. The summed E-state index contributed by atoms with van der Waals surface area (Å²) in [5.41, 5.74) is 6.38. The number of halogens is 4. The predicted octanol–water partition coefficient (Wildman–Crippen LogP) is 3.89. The Hall–Kier alpha value is -1.88. The molecule has 0 aromatic heterocycles. The lowest BCUT2D eigenvalue weighted by atomic mass is 9.98. The van der Waals surface area contributed by atoms with Gasteiger partial charge < -0.3 is 5.73 Å². The standard InChI is InChI=1S/C14H11F4N/c15-12-7-3-10(4-8-12)13(19)9-1-5-11(6-2-9)14(16,17)18/h1-8,13H,19H2/t13-/m0/s1. The van der Waals surface area contributed by atoms with Crippen molar-refractivity contribution in [3.8, 4) is 0 Å². The van der Waals surface area contributed by atoms with Gasteiger partial charge in [0.05, 0.1) is 11.6 Å². The molecule has 1 atom stereocenters. The minimum absolute atomic E-state index is 0.386. The summed E-state index contributed by atoms with van der Waals surface area (Å²) in [4.78, 5) is 0. The first-order valence-electron chi connectivity index (χ1n) is 5.56. The van der Waals surface area contributed by atoms with Crippen LogP contribution in [0.15, 0.2) is 48.5 Å². The highest BCUT2D eigenvalue weighted by Crippen LogP contribution is 2.30. The van der Waals surface area contributed by atoms with E-state index in [9.17, 15) is 17.6 Å². The van der Waals surface area contributed by atoms with E-state index < -0.39 is 17.8 Å².